The van der Waals surface area contributed by atoms with Crippen LogP contribution in [0, 0.1) is 5.41 Å². The second-order valence-electron chi connectivity index (χ2n) is 5.94. The summed E-state index contributed by atoms with van der Waals surface area (Å²) in [6.45, 7) is 6.22. The molecule has 0 N–H and O–H groups in total. The molecule has 2 rings (SSSR count). The van der Waals surface area contributed by atoms with Gasteiger partial charge in [0.15, 0.2) is 0 Å². The lowest BCUT2D eigenvalue weighted by Gasteiger charge is -2.17. The van der Waals surface area contributed by atoms with Gasteiger partial charge in [0, 0.05) is 16.1 Å². The Kier molecular flexibility index (Phi) is 5.38. The highest BCUT2D eigenvalue weighted by Gasteiger charge is 2.13. The van der Waals surface area contributed by atoms with Crippen LogP contribution in [0.15, 0.2) is 60.6 Å². The number of hydrogen-bond donors (Lipinski definition) is 0. The molecule has 0 aromatic heterocycles. The third kappa shape index (κ3) is 5.63. The molecule has 22 heavy (non-hydrogen) atoms. The molecule has 0 saturated carbocycles. The van der Waals surface area contributed by atoms with Crippen LogP contribution in [-0.4, -0.2) is 0 Å². The zero-order valence-corrected chi connectivity index (χ0v) is 14.3. The van der Waals surface area contributed by atoms with Crippen molar-refractivity contribution >= 4 is 23.2 Å². The average Bonchev–Trinajstić information content (AvgIpc) is 2.42. The van der Waals surface area contributed by atoms with Gasteiger partial charge in [-0.25, -0.2) is 0 Å². The summed E-state index contributed by atoms with van der Waals surface area (Å²) in [6, 6.07) is 14.3. The Balaban J connectivity index is 2.21. The lowest BCUT2D eigenvalue weighted by atomic mass is 9.97. The van der Waals surface area contributed by atoms with E-state index in [4.69, 9.17) is 32.7 Å². The van der Waals surface area contributed by atoms with Crippen molar-refractivity contribution in [2.45, 2.75) is 20.8 Å². The molecule has 4 heteroatoms. The van der Waals surface area contributed by atoms with E-state index in [2.05, 4.69) is 20.8 Å². The van der Waals surface area contributed by atoms with Gasteiger partial charge in [-0.3, -0.25) is 0 Å². The Morgan fingerprint density at radius 2 is 1.14 bits per heavy atom. The van der Waals surface area contributed by atoms with Crippen molar-refractivity contribution < 1.29 is 9.47 Å². The summed E-state index contributed by atoms with van der Waals surface area (Å²) in [4.78, 5) is 0. The lowest BCUT2D eigenvalue weighted by molar-refractivity contribution is 0.217. The van der Waals surface area contributed by atoms with Gasteiger partial charge in [-0.1, -0.05) is 44.0 Å². The summed E-state index contributed by atoms with van der Waals surface area (Å²) in [7, 11) is 0. The van der Waals surface area contributed by atoms with Gasteiger partial charge < -0.3 is 9.47 Å². The fraction of sp³-hybridized carbons (Fsp3) is 0.222. The first kappa shape index (κ1) is 16.7. The highest BCUT2D eigenvalue weighted by atomic mass is 35.5. The second kappa shape index (κ2) is 7.08. The lowest BCUT2D eigenvalue weighted by Crippen LogP contribution is -2.10. The van der Waals surface area contributed by atoms with Crippen molar-refractivity contribution in [2.24, 2.45) is 5.41 Å². The Bertz CT molecular complexity index is 589. The van der Waals surface area contributed by atoms with Gasteiger partial charge >= 0.3 is 0 Å². The Morgan fingerprint density at radius 1 is 0.773 bits per heavy atom. The molecule has 0 aliphatic rings. The molecular formula is C18H18Cl2O2. The Hall–Kier alpha value is -1.64. The molecule has 0 heterocycles. The first-order valence-electron chi connectivity index (χ1n) is 6.91. The van der Waals surface area contributed by atoms with Crippen LogP contribution in [0.5, 0.6) is 11.5 Å². The van der Waals surface area contributed by atoms with Gasteiger partial charge in [0.25, 0.3) is 5.95 Å². The summed E-state index contributed by atoms with van der Waals surface area (Å²) in [5.41, 5.74) is -0.0891. The van der Waals surface area contributed by atoms with Gasteiger partial charge in [0.05, 0.1) is 0 Å². The van der Waals surface area contributed by atoms with Crippen LogP contribution in [0.4, 0.5) is 0 Å². The zero-order chi connectivity index (χ0) is 16.2. The summed E-state index contributed by atoms with van der Waals surface area (Å²) < 4.78 is 11.7. The normalized spacial score (nSPS) is 11.0. The molecule has 0 atom stereocenters. The van der Waals surface area contributed by atoms with Crippen molar-refractivity contribution in [3.8, 4) is 11.5 Å². The largest absolute Gasteiger partial charge is 0.426 e. The number of ether oxygens (including phenoxy) is 2. The maximum Gasteiger partial charge on any atom is 0.286 e. The molecule has 116 valence electrons. The minimum atomic E-state index is -0.0891. The predicted octanol–water partition coefficient (Wildman–Crippen LogP) is 6.34. The van der Waals surface area contributed by atoms with Crippen LogP contribution in [0.25, 0.3) is 0 Å². The second-order valence-corrected chi connectivity index (χ2v) is 6.81. The number of rotatable bonds is 4. The monoisotopic (exact) mass is 336 g/mol. The predicted molar refractivity (Wildman–Crippen MR) is 91.7 cm³/mol. The zero-order valence-electron chi connectivity index (χ0n) is 12.8. The molecule has 2 nitrogen and oxygen atoms in total. The molecule has 0 amide bonds. The highest BCUT2D eigenvalue weighted by molar-refractivity contribution is 6.30. The van der Waals surface area contributed by atoms with Gasteiger partial charge in [0.2, 0.25) is 0 Å². The molecule has 0 aliphatic heterocycles. The van der Waals surface area contributed by atoms with E-state index in [0.717, 1.165) is 0 Å². The fourth-order valence-corrected chi connectivity index (χ4v) is 1.92. The summed E-state index contributed by atoms with van der Waals surface area (Å²) in [6.07, 6.45) is 1.93. The van der Waals surface area contributed by atoms with E-state index in [9.17, 15) is 0 Å². The first-order chi connectivity index (χ1) is 10.3. The molecule has 0 aliphatic carbocycles. The standard InChI is InChI=1S/C18H18Cl2O2/c1-18(2,3)12-17(21-15-8-4-13(19)5-9-15)22-16-10-6-14(20)7-11-16/h4-12H,1-3H3. The van der Waals surface area contributed by atoms with Crippen LogP contribution in [0.3, 0.4) is 0 Å². The van der Waals surface area contributed by atoms with E-state index in [1.165, 1.54) is 0 Å². The van der Waals surface area contributed by atoms with Crippen molar-refractivity contribution in [2.75, 3.05) is 0 Å². The maximum absolute atomic E-state index is 5.89. The van der Waals surface area contributed by atoms with E-state index in [-0.39, 0.29) is 5.41 Å². The van der Waals surface area contributed by atoms with Crippen molar-refractivity contribution in [1.82, 2.24) is 0 Å². The molecular weight excluding hydrogens is 319 g/mol. The first-order valence-corrected chi connectivity index (χ1v) is 7.67. The quantitative estimate of drug-likeness (QED) is 0.606. The van der Waals surface area contributed by atoms with Crippen LogP contribution >= 0.6 is 23.2 Å². The number of allylic oxidation sites excluding steroid dienone is 1. The van der Waals surface area contributed by atoms with E-state index < -0.39 is 0 Å². The Labute approximate surface area is 141 Å². The van der Waals surface area contributed by atoms with E-state index in [0.29, 0.717) is 27.5 Å². The van der Waals surface area contributed by atoms with E-state index >= 15 is 0 Å². The van der Waals surface area contributed by atoms with Gasteiger partial charge in [-0.05, 0) is 53.9 Å². The number of benzene rings is 2. The highest BCUT2D eigenvalue weighted by Crippen LogP contribution is 2.25. The molecule has 0 fully saturated rings. The third-order valence-electron chi connectivity index (χ3n) is 2.62. The van der Waals surface area contributed by atoms with Crippen LogP contribution in [-0.2, 0) is 0 Å². The summed E-state index contributed by atoms with van der Waals surface area (Å²) in [5.74, 6) is 1.74. The Morgan fingerprint density at radius 3 is 1.45 bits per heavy atom. The van der Waals surface area contributed by atoms with Crippen LogP contribution in [0.1, 0.15) is 20.8 Å². The van der Waals surface area contributed by atoms with E-state index in [1.54, 1.807) is 48.5 Å². The van der Waals surface area contributed by atoms with E-state index in [1.807, 2.05) is 6.08 Å². The molecule has 0 spiro atoms. The van der Waals surface area contributed by atoms with Crippen LogP contribution in [0.2, 0.25) is 10.0 Å². The third-order valence-corrected chi connectivity index (χ3v) is 3.12. The molecule has 0 bridgehead atoms. The van der Waals surface area contributed by atoms with Crippen molar-refractivity contribution in [1.29, 1.82) is 0 Å². The number of halogens is 2. The SMILES string of the molecule is CC(C)(C)C=C(Oc1ccc(Cl)cc1)Oc1ccc(Cl)cc1. The molecule has 2 aromatic rings. The fourth-order valence-electron chi connectivity index (χ4n) is 1.67. The van der Waals surface area contributed by atoms with Crippen molar-refractivity contribution in [3.63, 3.8) is 0 Å². The molecule has 0 unspecified atom stereocenters. The molecule has 2 aromatic carbocycles. The van der Waals surface area contributed by atoms with Crippen LogP contribution < -0.4 is 9.47 Å². The topological polar surface area (TPSA) is 18.5 Å². The van der Waals surface area contributed by atoms with Gasteiger partial charge in [0.1, 0.15) is 11.5 Å². The minimum absolute atomic E-state index is 0.0891. The minimum Gasteiger partial charge on any atom is -0.426 e. The maximum atomic E-state index is 5.89. The van der Waals surface area contributed by atoms with Gasteiger partial charge in [-0.15, -0.1) is 0 Å². The number of hydrogen-bond acceptors (Lipinski definition) is 2. The molecule has 0 saturated heterocycles. The van der Waals surface area contributed by atoms with Crippen molar-refractivity contribution in [3.05, 3.63) is 70.6 Å². The van der Waals surface area contributed by atoms with Gasteiger partial charge in [-0.2, -0.15) is 0 Å². The summed E-state index contributed by atoms with van der Waals surface area (Å²) in [5, 5.41) is 1.32. The average molecular weight is 337 g/mol. The molecule has 0 radical (unpaired) electrons. The smallest absolute Gasteiger partial charge is 0.286 e. The summed E-state index contributed by atoms with van der Waals surface area (Å²) >= 11 is 11.8.